The molecule has 3 N–H and O–H groups in total. The Morgan fingerprint density at radius 3 is 2.61 bits per heavy atom. The topological polar surface area (TPSA) is 82.2 Å². The molecule has 0 bridgehead atoms. The lowest BCUT2D eigenvalue weighted by molar-refractivity contribution is 0.0698. The van der Waals surface area contributed by atoms with Crippen molar-refractivity contribution in [3.63, 3.8) is 0 Å². The highest BCUT2D eigenvalue weighted by molar-refractivity contribution is 9.10. The number of carbonyl (C=O) groups excluding carboxylic acids is 1. The fraction of sp³-hybridized carbons (Fsp3) is 0. The van der Waals surface area contributed by atoms with Crippen LogP contribution in [0.1, 0.15) is 20.8 Å². The van der Waals surface area contributed by atoms with E-state index in [0.717, 1.165) is 4.47 Å². The summed E-state index contributed by atoms with van der Waals surface area (Å²) >= 11 is 3.22. The standard InChI is InChI=1S/C12H9BrN2O3/c13-7-5-10(14-6-7)11(16)15-9-4-2-1-3-8(9)12(17)18/h1-6,14H,(H,15,16)(H,17,18). The largest absolute Gasteiger partial charge is 0.478 e. The Hall–Kier alpha value is -2.08. The maximum Gasteiger partial charge on any atom is 0.337 e. The number of amides is 1. The summed E-state index contributed by atoms with van der Waals surface area (Å²) in [6.07, 6.45) is 1.62. The molecule has 0 saturated carbocycles. The monoisotopic (exact) mass is 308 g/mol. The number of halogens is 1. The van der Waals surface area contributed by atoms with Crippen LogP contribution in [0.25, 0.3) is 0 Å². The Morgan fingerprint density at radius 2 is 2.00 bits per heavy atom. The summed E-state index contributed by atoms with van der Waals surface area (Å²) in [5, 5.41) is 11.5. The van der Waals surface area contributed by atoms with Crippen molar-refractivity contribution in [2.45, 2.75) is 0 Å². The van der Waals surface area contributed by atoms with E-state index in [2.05, 4.69) is 26.2 Å². The zero-order chi connectivity index (χ0) is 13.1. The Kier molecular flexibility index (Phi) is 3.47. The van der Waals surface area contributed by atoms with Gasteiger partial charge in [-0.15, -0.1) is 0 Å². The summed E-state index contributed by atoms with van der Waals surface area (Å²) in [4.78, 5) is 25.6. The molecule has 0 radical (unpaired) electrons. The number of carboxylic acid groups (broad SMARTS) is 1. The number of para-hydroxylation sites is 1. The second kappa shape index (κ2) is 5.05. The van der Waals surface area contributed by atoms with Gasteiger partial charge in [0, 0.05) is 10.7 Å². The third-order valence-electron chi connectivity index (χ3n) is 2.30. The highest BCUT2D eigenvalue weighted by Crippen LogP contribution is 2.17. The first-order valence-electron chi connectivity index (χ1n) is 5.05. The predicted octanol–water partition coefficient (Wildman–Crippen LogP) is 2.73. The van der Waals surface area contributed by atoms with Crippen LogP contribution in [0.2, 0.25) is 0 Å². The maximum absolute atomic E-state index is 11.8. The van der Waals surface area contributed by atoms with E-state index in [-0.39, 0.29) is 11.3 Å². The van der Waals surface area contributed by atoms with Gasteiger partial charge in [-0.05, 0) is 34.1 Å². The maximum atomic E-state index is 11.8. The Labute approximate surface area is 111 Å². The highest BCUT2D eigenvalue weighted by Gasteiger charge is 2.13. The zero-order valence-corrected chi connectivity index (χ0v) is 10.7. The number of aromatic carboxylic acids is 1. The number of anilines is 1. The van der Waals surface area contributed by atoms with E-state index in [9.17, 15) is 9.59 Å². The van der Waals surface area contributed by atoms with Gasteiger partial charge in [0.1, 0.15) is 5.69 Å². The molecule has 0 spiro atoms. The molecule has 1 aromatic heterocycles. The Morgan fingerprint density at radius 1 is 1.28 bits per heavy atom. The van der Waals surface area contributed by atoms with Crippen molar-refractivity contribution >= 4 is 33.5 Å². The molecule has 18 heavy (non-hydrogen) atoms. The van der Waals surface area contributed by atoms with Gasteiger partial charge in [-0.1, -0.05) is 12.1 Å². The number of hydrogen-bond acceptors (Lipinski definition) is 2. The van der Waals surface area contributed by atoms with Crippen LogP contribution in [0, 0.1) is 0 Å². The van der Waals surface area contributed by atoms with E-state index in [1.165, 1.54) is 6.07 Å². The lowest BCUT2D eigenvalue weighted by atomic mass is 10.2. The molecule has 0 fully saturated rings. The van der Waals surface area contributed by atoms with Gasteiger partial charge < -0.3 is 15.4 Å². The molecular formula is C12H9BrN2O3. The third-order valence-corrected chi connectivity index (χ3v) is 2.76. The number of nitrogens with one attached hydrogen (secondary N) is 2. The third kappa shape index (κ3) is 2.60. The van der Waals surface area contributed by atoms with Crippen LogP contribution in [0.15, 0.2) is 41.0 Å². The normalized spacial score (nSPS) is 10.1. The van der Waals surface area contributed by atoms with Gasteiger partial charge in [0.25, 0.3) is 5.91 Å². The fourth-order valence-corrected chi connectivity index (χ4v) is 1.81. The zero-order valence-electron chi connectivity index (χ0n) is 9.11. The SMILES string of the molecule is O=C(Nc1ccccc1C(=O)O)c1cc(Br)c[nH]1. The van der Waals surface area contributed by atoms with Crippen LogP contribution in [0.5, 0.6) is 0 Å². The minimum Gasteiger partial charge on any atom is -0.478 e. The molecule has 5 nitrogen and oxygen atoms in total. The van der Waals surface area contributed by atoms with E-state index < -0.39 is 11.9 Å². The van der Waals surface area contributed by atoms with Crippen molar-refractivity contribution in [2.75, 3.05) is 5.32 Å². The minimum atomic E-state index is -1.08. The number of hydrogen-bond donors (Lipinski definition) is 3. The number of H-pyrrole nitrogens is 1. The van der Waals surface area contributed by atoms with Gasteiger partial charge >= 0.3 is 5.97 Å². The average Bonchev–Trinajstić information content (AvgIpc) is 2.76. The van der Waals surface area contributed by atoms with Gasteiger partial charge in [-0.3, -0.25) is 4.79 Å². The summed E-state index contributed by atoms with van der Waals surface area (Å²) in [6.45, 7) is 0. The summed E-state index contributed by atoms with van der Waals surface area (Å²) in [6, 6.07) is 7.84. The van der Waals surface area contributed by atoms with Crippen LogP contribution in [0.4, 0.5) is 5.69 Å². The smallest absolute Gasteiger partial charge is 0.337 e. The average molecular weight is 309 g/mol. The quantitative estimate of drug-likeness (QED) is 0.815. The van der Waals surface area contributed by atoms with Crippen molar-refractivity contribution in [3.05, 3.63) is 52.3 Å². The lowest BCUT2D eigenvalue weighted by Gasteiger charge is -2.06. The summed E-state index contributed by atoms with van der Waals surface area (Å²) in [7, 11) is 0. The number of carboxylic acids is 1. The molecule has 0 aliphatic carbocycles. The first-order chi connectivity index (χ1) is 8.58. The molecular weight excluding hydrogens is 300 g/mol. The Balaban J connectivity index is 2.24. The van der Waals surface area contributed by atoms with Gasteiger partial charge in [-0.2, -0.15) is 0 Å². The molecule has 0 saturated heterocycles. The first kappa shape index (κ1) is 12.4. The van der Waals surface area contributed by atoms with Crippen LogP contribution in [0.3, 0.4) is 0 Å². The molecule has 0 aliphatic rings. The number of aromatic nitrogens is 1. The van der Waals surface area contributed by atoms with Crippen molar-refractivity contribution in [1.82, 2.24) is 4.98 Å². The van der Waals surface area contributed by atoms with E-state index in [0.29, 0.717) is 5.69 Å². The van der Waals surface area contributed by atoms with Crippen molar-refractivity contribution < 1.29 is 14.7 Å². The van der Waals surface area contributed by atoms with Gasteiger partial charge in [-0.25, -0.2) is 4.79 Å². The van der Waals surface area contributed by atoms with Crippen molar-refractivity contribution in [3.8, 4) is 0 Å². The molecule has 6 heteroatoms. The molecule has 0 aliphatic heterocycles. The van der Waals surface area contributed by atoms with E-state index >= 15 is 0 Å². The summed E-state index contributed by atoms with van der Waals surface area (Å²) < 4.78 is 0.749. The molecule has 1 heterocycles. The van der Waals surface area contributed by atoms with Gasteiger partial charge in [0.05, 0.1) is 11.3 Å². The van der Waals surface area contributed by atoms with Crippen LogP contribution in [-0.4, -0.2) is 22.0 Å². The molecule has 0 atom stereocenters. The second-order valence-electron chi connectivity index (χ2n) is 3.54. The number of carbonyl (C=O) groups is 2. The van der Waals surface area contributed by atoms with E-state index in [1.807, 2.05) is 0 Å². The summed E-state index contributed by atoms with van der Waals surface area (Å²) in [5.41, 5.74) is 0.666. The second-order valence-corrected chi connectivity index (χ2v) is 4.45. The summed E-state index contributed by atoms with van der Waals surface area (Å²) in [5.74, 6) is -1.48. The van der Waals surface area contributed by atoms with Crippen LogP contribution in [-0.2, 0) is 0 Å². The van der Waals surface area contributed by atoms with Crippen LogP contribution >= 0.6 is 15.9 Å². The Bertz CT molecular complexity index is 607. The molecule has 1 amide bonds. The fourth-order valence-electron chi connectivity index (χ4n) is 1.47. The minimum absolute atomic E-state index is 0.0523. The molecule has 2 rings (SSSR count). The van der Waals surface area contributed by atoms with Gasteiger partial charge in [0.2, 0.25) is 0 Å². The van der Waals surface area contributed by atoms with E-state index in [4.69, 9.17) is 5.11 Å². The number of aromatic amines is 1. The first-order valence-corrected chi connectivity index (χ1v) is 5.85. The van der Waals surface area contributed by atoms with Gasteiger partial charge in [0.15, 0.2) is 0 Å². The number of benzene rings is 1. The highest BCUT2D eigenvalue weighted by atomic mass is 79.9. The molecule has 1 aromatic carbocycles. The van der Waals surface area contributed by atoms with Crippen LogP contribution < -0.4 is 5.32 Å². The molecule has 0 unspecified atom stereocenters. The molecule has 92 valence electrons. The molecule has 2 aromatic rings. The van der Waals surface area contributed by atoms with Crippen molar-refractivity contribution in [1.29, 1.82) is 0 Å². The number of rotatable bonds is 3. The predicted molar refractivity (Wildman–Crippen MR) is 69.8 cm³/mol. The van der Waals surface area contributed by atoms with E-state index in [1.54, 1.807) is 30.5 Å². The van der Waals surface area contributed by atoms with Crippen molar-refractivity contribution in [2.24, 2.45) is 0 Å². The lowest BCUT2D eigenvalue weighted by Crippen LogP contribution is -2.14.